The molecule has 5 nitrogen and oxygen atoms in total. The zero-order valence-corrected chi connectivity index (χ0v) is 13.5. The van der Waals surface area contributed by atoms with Crippen LogP contribution in [0.15, 0.2) is 24.5 Å². The standard InChI is InChI=1S/C12H20N.C2H6O4S/c1-4-5-8-12(3)13-9-6-7-11(2)10-13;1-2-6-7(3,4)5/h6-7,9-10,12H,4-5,8H2,1-3H3;2H2,1H3,(H,3,4,5)/q+1;/p-1. The molecule has 20 heavy (non-hydrogen) atoms. The van der Waals surface area contributed by atoms with Gasteiger partial charge in [-0.25, -0.2) is 13.0 Å². The van der Waals surface area contributed by atoms with E-state index in [0.717, 1.165) is 0 Å². The Morgan fingerprint density at radius 1 is 1.40 bits per heavy atom. The number of pyridine rings is 1. The third kappa shape index (κ3) is 9.89. The van der Waals surface area contributed by atoms with E-state index in [9.17, 15) is 13.0 Å². The Morgan fingerprint density at radius 2 is 2.05 bits per heavy atom. The first kappa shape index (κ1) is 19.0. The summed E-state index contributed by atoms with van der Waals surface area (Å²) in [7, 11) is -4.42. The van der Waals surface area contributed by atoms with Crippen molar-refractivity contribution in [1.29, 1.82) is 0 Å². The molecular formula is C14H25NO4S. The molecular weight excluding hydrogens is 278 g/mol. The van der Waals surface area contributed by atoms with Gasteiger partial charge in [0.05, 0.1) is 6.61 Å². The summed E-state index contributed by atoms with van der Waals surface area (Å²) in [6.45, 7) is 8.01. The van der Waals surface area contributed by atoms with E-state index < -0.39 is 10.4 Å². The lowest BCUT2D eigenvalue weighted by Crippen LogP contribution is -2.37. The number of rotatable bonds is 6. The summed E-state index contributed by atoms with van der Waals surface area (Å²) < 4.78 is 34.3. The van der Waals surface area contributed by atoms with Gasteiger partial charge in [-0.05, 0) is 33.3 Å². The minimum atomic E-state index is -4.42. The van der Waals surface area contributed by atoms with Crippen LogP contribution < -0.4 is 4.57 Å². The second-order valence-electron chi connectivity index (χ2n) is 4.63. The Bertz CT molecular complexity index is 474. The quantitative estimate of drug-likeness (QED) is 0.460. The van der Waals surface area contributed by atoms with Gasteiger partial charge in [-0.2, -0.15) is 0 Å². The molecule has 0 amide bonds. The predicted octanol–water partition coefficient (Wildman–Crippen LogP) is 2.52. The van der Waals surface area contributed by atoms with E-state index in [4.69, 9.17) is 0 Å². The monoisotopic (exact) mass is 303 g/mol. The predicted molar refractivity (Wildman–Crippen MR) is 76.9 cm³/mol. The number of unbranched alkanes of at least 4 members (excludes halogenated alkanes) is 1. The lowest BCUT2D eigenvalue weighted by atomic mass is 10.1. The molecule has 0 radical (unpaired) electrons. The van der Waals surface area contributed by atoms with Gasteiger partial charge in [0.15, 0.2) is 18.4 Å². The summed E-state index contributed by atoms with van der Waals surface area (Å²) in [5, 5.41) is 0. The van der Waals surface area contributed by atoms with Crippen molar-refractivity contribution in [3.05, 3.63) is 30.1 Å². The number of nitrogens with zero attached hydrogens (tertiary/aromatic N) is 1. The first-order valence-corrected chi connectivity index (χ1v) is 8.21. The van der Waals surface area contributed by atoms with Gasteiger partial charge in [0, 0.05) is 18.1 Å². The maximum absolute atomic E-state index is 9.45. The van der Waals surface area contributed by atoms with Crippen molar-refractivity contribution < 1.29 is 21.7 Å². The van der Waals surface area contributed by atoms with Gasteiger partial charge >= 0.3 is 0 Å². The second-order valence-corrected chi connectivity index (χ2v) is 5.69. The van der Waals surface area contributed by atoms with Crippen molar-refractivity contribution in [2.24, 2.45) is 0 Å². The summed E-state index contributed by atoms with van der Waals surface area (Å²) in [6.07, 6.45) is 8.27. The zero-order chi connectivity index (χ0) is 15.6. The maximum atomic E-state index is 9.45. The van der Waals surface area contributed by atoms with Crippen LogP contribution in [0.1, 0.15) is 51.6 Å². The molecule has 0 saturated carbocycles. The summed E-state index contributed by atoms with van der Waals surface area (Å²) in [6, 6.07) is 4.90. The lowest BCUT2D eigenvalue weighted by Gasteiger charge is -2.05. The van der Waals surface area contributed by atoms with Gasteiger partial charge in [0.1, 0.15) is 0 Å². The number of aromatic nitrogens is 1. The van der Waals surface area contributed by atoms with Crippen molar-refractivity contribution in [1.82, 2.24) is 0 Å². The average molecular weight is 303 g/mol. The van der Waals surface area contributed by atoms with Gasteiger partial charge in [0.25, 0.3) is 0 Å². The van der Waals surface area contributed by atoms with Crippen LogP contribution >= 0.6 is 0 Å². The summed E-state index contributed by atoms with van der Waals surface area (Å²) in [5.41, 5.74) is 1.34. The molecule has 0 aromatic carbocycles. The zero-order valence-electron chi connectivity index (χ0n) is 12.7. The highest BCUT2D eigenvalue weighted by atomic mass is 32.3. The molecule has 0 aliphatic rings. The summed E-state index contributed by atoms with van der Waals surface area (Å²) in [5.74, 6) is 0. The first-order valence-electron chi connectivity index (χ1n) is 6.87. The summed E-state index contributed by atoms with van der Waals surface area (Å²) in [4.78, 5) is 0. The molecule has 0 aliphatic heterocycles. The SMILES string of the molecule is CCCCC(C)[n+]1cccc(C)c1.CCOS(=O)(=O)[O-]. The first-order chi connectivity index (χ1) is 9.30. The Balaban J connectivity index is 0.000000441. The largest absolute Gasteiger partial charge is 0.726 e. The summed E-state index contributed by atoms with van der Waals surface area (Å²) >= 11 is 0. The highest BCUT2D eigenvalue weighted by Crippen LogP contribution is 2.07. The molecule has 1 rings (SSSR count). The van der Waals surface area contributed by atoms with Gasteiger partial charge in [-0.3, -0.25) is 4.18 Å². The molecule has 0 N–H and O–H groups in total. The minimum absolute atomic E-state index is 0.0914. The third-order valence-electron chi connectivity index (χ3n) is 2.72. The number of hydrogen-bond acceptors (Lipinski definition) is 4. The Hall–Kier alpha value is -0.980. The fraction of sp³-hybridized carbons (Fsp3) is 0.643. The van der Waals surface area contributed by atoms with E-state index in [0.29, 0.717) is 6.04 Å². The van der Waals surface area contributed by atoms with E-state index in [1.807, 2.05) is 0 Å². The molecule has 0 spiro atoms. The topological polar surface area (TPSA) is 70.3 Å². The van der Waals surface area contributed by atoms with Crippen LogP contribution in [0.5, 0.6) is 0 Å². The molecule has 0 saturated heterocycles. The highest BCUT2D eigenvalue weighted by Gasteiger charge is 2.10. The second kappa shape index (κ2) is 9.85. The maximum Gasteiger partial charge on any atom is 0.217 e. The highest BCUT2D eigenvalue weighted by molar-refractivity contribution is 7.80. The van der Waals surface area contributed by atoms with Crippen molar-refractivity contribution in [2.75, 3.05) is 6.61 Å². The molecule has 1 unspecified atom stereocenters. The van der Waals surface area contributed by atoms with Crippen LogP contribution in [0.4, 0.5) is 0 Å². The Labute approximate surface area is 122 Å². The molecule has 6 heteroatoms. The van der Waals surface area contributed by atoms with Crippen LogP contribution in [0, 0.1) is 6.92 Å². The third-order valence-corrected chi connectivity index (χ3v) is 3.24. The molecule has 116 valence electrons. The van der Waals surface area contributed by atoms with Crippen molar-refractivity contribution in [2.45, 2.75) is 53.0 Å². The van der Waals surface area contributed by atoms with Crippen molar-refractivity contribution in [3.8, 4) is 0 Å². The molecule has 0 aliphatic carbocycles. The number of aryl methyl sites for hydroxylation is 1. The van der Waals surface area contributed by atoms with Gasteiger partial charge in [0.2, 0.25) is 10.4 Å². The Morgan fingerprint density at radius 3 is 2.45 bits per heavy atom. The number of hydrogen-bond donors (Lipinski definition) is 0. The molecule has 1 atom stereocenters. The van der Waals surface area contributed by atoms with Crippen LogP contribution in [-0.4, -0.2) is 19.6 Å². The van der Waals surface area contributed by atoms with Gasteiger partial charge in [-0.1, -0.05) is 13.3 Å². The van der Waals surface area contributed by atoms with E-state index in [1.54, 1.807) is 0 Å². The Kier molecular flexibility index (Phi) is 9.37. The average Bonchev–Trinajstić information content (AvgIpc) is 2.35. The van der Waals surface area contributed by atoms with Crippen LogP contribution in [0.25, 0.3) is 0 Å². The van der Waals surface area contributed by atoms with Gasteiger partial charge in [-0.15, -0.1) is 0 Å². The molecule has 1 aromatic heterocycles. The van der Waals surface area contributed by atoms with Crippen LogP contribution in [0.3, 0.4) is 0 Å². The van der Waals surface area contributed by atoms with Gasteiger partial charge < -0.3 is 4.55 Å². The normalized spacial score (nSPS) is 12.4. The molecule has 1 heterocycles. The van der Waals surface area contributed by atoms with Crippen LogP contribution in [-0.2, 0) is 14.6 Å². The fourth-order valence-corrected chi connectivity index (χ4v) is 1.97. The van der Waals surface area contributed by atoms with Crippen molar-refractivity contribution in [3.63, 3.8) is 0 Å². The van der Waals surface area contributed by atoms with E-state index >= 15 is 0 Å². The fourth-order valence-electron chi connectivity index (χ4n) is 1.68. The van der Waals surface area contributed by atoms with E-state index in [2.05, 4.69) is 54.0 Å². The van der Waals surface area contributed by atoms with E-state index in [1.165, 1.54) is 31.7 Å². The molecule has 0 bridgehead atoms. The lowest BCUT2D eigenvalue weighted by molar-refractivity contribution is -0.720. The molecule has 1 aromatic rings. The smallest absolute Gasteiger partial charge is 0.217 e. The van der Waals surface area contributed by atoms with E-state index in [-0.39, 0.29) is 6.61 Å². The van der Waals surface area contributed by atoms with Crippen molar-refractivity contribution >= 4 is 10.4 Å². The van der Waals surface area contributed by atoms with Crippen LogP contribution in [0.2, 0.25) is 0 Å². The molecule has 0 fully saturated rings. The minimum Gasteiger partial charge on any atom is -0.726 e.